The van der Waals surface area contributed by atoms with E-state index in [9.17, 15) is 4.79 Å². The summed E-state index contributed by atoms with van der Waals surface area (Å²) >= 11 is 3.23. The standard InChI is InChI=1S/C7H8N2O.C5H5BrN2/c1-8-7(10)6-3-2-4-9-5-6;6-4-1-2-5(7)8-3-4/h2-5H,1H3,(H,8,10);1-3H,(H2,7,8). The Bertz CT molecular complexity index is 466. The van der Waals surface area contributed by atoms with Crippen molar-refractivity contribution in [2.45, 2.75) is 0 Å². The first-order valence-corrected chi connectivity index (χ1v) is 5.92. The average molecular weight is 309 g/mol. The molecule has 0 fully saturated rings. The van der Waals surface area contributed by atoms with Crippen molar-refractivity contribution in [2.75, 3.05) is 12.8 Å². The minimum atomic E-state index is -0.104. The van der Waals surface area contributed by atoms with E-state index in [0.717, 1.165) is 4.47 Å². The highest BCUT2D eigenvalue weighted by Gasteiger charge is 1.98. The van der Waals surface area contributed by atoms with Gasteiger partial charge < -0.3 is 11.1 Å². The molecule has 0 aromatic carbocycles. The van der Waals surface area contributed by atoms with Crippen molar-refractivity contribution in [1.82, 2.24) is 15.3 Å². The molecule has 0 bridgehead atoms. The molecule has 0 spiro atoms. The molecule has 1 amide bonds. The number of rotatable bonds is 1. The second kappa shape index (κ2) is 7.39. The number of halogens is 1. The smallest absolute Gasteiger partial charge is 0.252 e. The zero-order valence-electron chi connectivity index (χ0n) is 9.80. The van der Waals surface area contributed by atoms with Gasteiger partial charge >= 0.3 is 0 Å². The Hall–Kier alpha value is -1.95. The van der Waals surface area contributed by atoms with Crippen LogP contribution in [0.4, 0.5) is 5.82 Å². The number of nitrogens with two attached hydrogens (primary N) is 1. The van der Waals surface area contributed by atoms with Crippen LogP contribution in [0.15, 0.2) is 47.3 Å². The molecule has 0 radical (unpaired) electrons. The van der Waals surface area contributed by atoms with Crippen LogP contribution in [0, 0.1) is 0 Å². The molecule has 5 nitrogen and oxygen atoms in total. The third-order valence-electron chi connectivity index (χ3n) is 1.90. The predicted octanol–water partition coefficient (Wildman–Crippen LogP) is 1.87. The van der Waals surface area contributed by atoms with E-state index in [0.29, 0.717) is 11.4 Å². The van der Waals surface area contributed by atoms with Crippen molar-refractivity contribution in [3.8, 4) is 0 Å². The summed E-state index contributed by atoms with van der Waals surface area (Å²) in [6.07, 6.45) is 4.82. The van der Waals surface area contributed by atoms with E-state index in [1.54, 1.807) is 37.6 Å². The Labute approximate surface area is 114 Å². The van der Waals surface area contributed by atoms with Crippen LogP contribution in [-0.2, 0) is 0 Å². The second-order valence-corrected chi connectivity index (χ2v) is 4.14. The van der Waals surface area contributed by atoms with E-state index >= 15 is 0 Å². The SMILES string of the molecule is CNC(=O)c1cccnc1.Nc1ccc(Br)cn1. The number of nitrogens with one attached hydrogen (secondary N) is 1. The molecular formula is C12H13BrN4O. The first-order chi connectivity index (χ1) is 8.63. The summed E-state index contributed by atoms with van der Waals surface area (Å²) in [5, 5.41) is 2.50. The summed E-state index contributed by atoms with van der Waals surface area (Å²) in [5.41, 5.74) is 5.88. The van der Waals surface area contributed by atoms with Crippen LogP contribution >= 0.6 is 15.9 Å². The predicted molar refractivity (Wildman–Crippen MR) is 74.0 cm³/mol. The van der Waals surface area contributed by atoms with Crippen molar-refractivity contribution in [2.24, 2.45) is 0 Å². The maximum atomic E-state index is 10.9. The van der Waals surface area contributed by atoms with Crippen molar-refractivity contribution >= 4 is 27.7 Å². The van der Waals surface area contributed by atoms with E-state index in [-0.39, 0.29) is 5.91 Å². The van der Waals surface area contributed by atoms with Crippen LogP contribution in [0.5, 0.6) is 0 Å². The molecule has 0 unspecified atom stereocenters. The van der Waals surface area contributed by atoms with Crippen LogP contribution in [0.25, 0.3) is 0 Å². The van der Waals surface area contributed by atoms with E-state index in [2.05, 4.69) is 31.2 Å². The van der Waals surface area contributed by atoms with Crippen LogP contribution in [-0.4, -0.2) is 22.9 Å². The molecule has 0 saturated heterocycles. The van der Waals surface area contributed by atoms with Gasteiger partial charge in [-0.25, -0.2) is 4.98 Å². The third-order valence-corrected chi connectivity index (χ3v) is 2.37. The highest BCUT2D eigenvalue weighted by atomic mass is 79.9. The molecule has 0 aliphatic carbocycles. The van der Waals surface area contributed by atoms with E-state index in [4.69, 9.17) is 5.73 Å². The summed E-state index contributed by atoms with van der Waals surface area (Å²) < 4.78 is 0.951. The van der Waals surface area contributed by atoms with Crippen LogP contribution in [0.2, 0.25) is 0 Å². The van der Waals surface area contributed by atoms with Gasteiger partial charge in [0, 0.05) is 30.1 Å². The molecule has 0 aliphatic heterocycles. The van der Waals surface area contributed by atoms with Crippen LogP contribution in [0.1, 0.15) is 10.4 Å². The lowest BCUT2D eigenvalue weighted by Gasteiger charge is -1.95. The number of carbonyl (C=O) groups is 1. The number of anilines is 1. The Morgan fingerprint density at radius 3 is 2.56 bits per heavy atom. The van der Waals surface area contributed by atoms with Gasteiger partial charge in [-0.2, -0.15) is 0 Å². The molecule has 2 aromatic heterocycles. The monoisotopic (exact) mass is 308 g/mol. The summed E-state index contributed by atoms with van der Waals surface area (Å²) in [5.74, 6) is 0.446. The fourth-order valence-corrected chi connectivity index (χ4v) is 1.26. The molecule has 94 valence electrons. The van der Waals surface area contributed by atoms with E-state index in [1.807, 2.05) is 6.07 Å². The summed E-state index contributed by atoms with van der Waals surface area (Å²) in [6, 6.07) is 7.03. The lowest BCUT2D eigenvalue weighted by Crippen LogP contribution is -2.17. The lowest BCUT2D eigenvalue weighted by molar-refractivity contribution is 0.0962. The van der Waals surface area contributed by atoms with Gasteiger partial charge in [0.2, 0.25) is 0 Å². The summed E-state index contributed by atoms with van der Waals surface area (Å²) in [6.45, 7) is 0. The fourth-order valence-electron chi connectivity index (χ4n) is 1.03. The summed E-state index contributed by atoms with van der Waals surface area (Å²) in [7, 11) is 1.59. The topological polar surface area (TPSA) is 80.9 Å². The molecule has 3 N–H and O–H groups in total. The minimum Gasteiger partial charge on any atom is -0.384 e. The van der Waals surface area contributed by atoms with Crippen molar-refractivity contribution < 1.29 is 4.79 Å². The van der Waals surface area contributed by atoms with E-state index < -0.39 is 0 Å². The normalized spacial score (nSPS) is 9.00. The van der Waals surface area contributed by atoms with Gasteiger partial charge in [0.1, 0.15) is 5.82 Å². The zero-order chi connectivity index (χ0) is 13.4. The molecule has 2 rings (SSSR count). The minimum absolute atomic E-state index is 0.104. The number of pyridine rings is 2. The van der Waals surface area contributed by atoms with Gasteiger partial charge in [0.25, 0.3) is 5.91 Å². The van der Waals surface area contributed by atoms with Crippen molar-refractivity contribution in [3.05, 3.63) is 52.9 Å². The van der Waals surface area contributed by atoms with Crippen LogP contribution in [0.3, 0.4) is 0 Å². The molecule has 0 saturated carbocycles. The Morgan fingerprint density at radius 2 is 2.11 bits per heavy atom. The quantitative estimate of drug-likeness (QED) is 0.842. The number of amides is 1. The Morgan fingerprint density at radius 1 is 1.33 bits per heavy atom. The third kappa shape index (κ3) is 4.92. The van der Waals surface area contributed by atoms with Crippen molar-refractivity contribution in [1.29, 1.82) is 0 Å². The number of carbonyl (C=O) groups excluding carboxylic acids is 1. The van der Waals surface area contributed by atoms with Gasteiger partial charge in [0.15, 0.2) is 0 Å². The maximum Gasteiger partial charge on any atom is 0.252 e. The second-order valence-electron chi connectivity index (χ2n) is 3.22. The van der Waals surface area contributed by atoms with Gasteiger partial charge in [-0.05, 0) is 40.2 Å². The highest BCUT2D eigenvalue weighted by molar-refractivity contribution is 9.10. The van der Waals surface area contributed by atoms with Gasteiger partial charge in [-0.15, -0.1) is 0 Å². The molecule has 0 atom stereocenters. The number of hydrogen-bond donors (Lipinski definition) is 2. The molecular weight excluding hydrogens is 296 g/mol. The molecule has 18 heavy (non-hydrogen) atoms. The van der Waals surface area contributed by atoms with Crippen molar-refractivity contribution in [3.63, 3.8) is 0 Å². The first kappa shape index (κ1) is 14.1. The number of nitrogen functional groups attached to an aromatic ring is 1. The highest BCUT2D eigenvalue weighted by Crippen LogP contribution is 2.07. The van der Waals surface area contributed by atoms with Gasteiger partial charge in [-0.3, -0.25) is 9.78 Å². The molecule has 6 heteroatoms. The zero-order valence-corrected chi connectivity index (χ0v) is 11.4. The largest absolute Gasteiger partial charge is 0.384 e. The molecule has 2 heterocycles. The van der Waals surface area contributed by atoms with Crippen LogP contribution < -0.4 is 11.1 Å². The number of nitrogens with zero attached hydrogens (tertiary/aromatic N) is 2. The number of aromatic nitrogens is 2. The number of hydrogen-bond acceptors (Lipinski definition) is 4. The fraction of sp³-hybridized carbons (Fsp3) is 0.0833. The molecule has 2 aromatic rings. The lowest BCUT2D eigenvalue weighted by atomic mass is 10.3. The first-order valence-electron chi connectivity index (χ1n) is 5.12. The maximum absolute atomic E-state index is 10.9. The average Bonchev–Trinajstić information content (AvgIpc) is 2.43. The van der Waals surface area contributed by atoms with E-state index in [1.165, 1.54) is 6.20 Å². The molecule has 0 aliphatic rings. The summed E-state index contributed by atoms with van der Waals surface area (Å²) in [4.78, 5) is 18.5. The Balaban J connectivity index is 0.000000184. The van der Waals surface area contributed by atoms with Gasteiger partial charge in [-0.1, -0.05) is 0 Å². The van der Waals surface area contributed by atoms with Gasteiger partial charge in [0.05, 0.1) is 5.56 Å². The Kier molecular flexibility index (Phi) is 5.79.